The molecule has 2 N–H and O–H groups in total. The van der Waals surface area contributed by atoms with Crippen LogP contribution in [0.15, 0.2) is 0 Å². The summed E-state index contributed by atoms with van der Waals surface area (Å²) in [6.45, 7) is 5.13. The summed E-state index contributed by atoms with van der Waals surface area (Å²) < 4.78 is 0. The fraction of sp³-hybridized carbons (Fsp3) is 0.824. The zero-order chi connectivity index (χ0) is 16.8. The predicted molar refractivity (Wildman–Crippen MR) is 88.7 cm³/mol. The van der Waals surface area contributed by atoms with Gasteiger partial charge < -0.3 is 10.6 Å². The highest BCUT2D eigenvalue weighted by molar-refractivity contribution is 5.87. The highest BCUT2D eigenvalue weighted by Gasteiger charge is 2.19. The van der Waals surface area contributed by atoms with Crippen molar-refractivity contribution < 1.29 is 14.4 Å². The third kappa shape index (κ3) is 11.4. The predicted octanol–water partition coefficient (Wildman–Crippen LogP) is 2.24. The second kappa shape index (κ2) is 13.4. The summed E-state index contributed by atoms with van der Waals surface area (Å²) in [5, 5.41) is 5.87. The normalized spacial score (nSPS) is 12.0. The van der Waals surface area contributed by atoms with Crippen molar-refractivity contribution in [1.82, 2.24) is 10.6 Å². The van der Waals surface area contributed by atoms with Crippen LogP contribution >= 0.6 is 0 Å². The molecule has 0 radical (unpaired) electrons. The van der Waals surface area contributed by atoms with Crippen LogP contribution in [0, 0.1) is 5.92 Å². The summed E-state index contributed by atoms with van der Waals surface area (Å²) in [7, 11) is 1.92. The van der Waals surface area contributed by atoms with Gasteiger partial charge in [0.2, 0.25) is 5.91 Å². The van der Waals surface area contributed by atoms with Gasteiger partial charge in [-0.3, -0.25) is 14.4 Å². The van der Waals surface area contributed by atoms with Gasteiger partial charge in [-0.25, -0.2) is 0 Å². The van der Waals surface area contributed by atoms with Gasteiger partial charge in [-0.2, -0.15) is 0 Å². The third-order valence-electron chi connectivity index (χ3n) is 3.72. The summed E-state index contributed by atoms with van der Waals surface area (Å²) in [6, 6.07) is 0. The Kier molecular flexibility index (Phi) is 12.7. The van der Waals surface area contributed by atoms with Crippen molar-refractivity contribution >= 4 is 17.5 Å². The van der Waals surface area contributed by atoms with Gasteiger partial charge in [-0.05, 0) is 46.2 Å². The van der Waals surface area contributed by atoms with Crippen molar-refractivity contribution in [1.29, 1.82) is 0 Å². The molecule has 0 heterocycles. The lowest BCUT2D eigenvalue weighted by Crippen LogP contribution is -2.25. The second-order valence-electron chi connectivity index (χ2n) is 5.85. The molecule has 1 amide bonds. The van der Waals surface area contributed by atoms with Crippen molar-refractivity contribution in [2.24, 2.45) is 5.92 Å². The summed E-state index contributed by atoms with van der Waals surface area (Å²) in [5.74, 6) is -0.199. The molecule has 128 valence electrons. The first-order chi connectivity index (χ1) is 10.5. The first-order valence-electron chi connectivity index (χ1n) is 8.44. The molecule has 0 aliphatic rings. The molecule has 0 aromatic carbocycles. The zero-order valence-electron chi connectivity index (χ0n) is 14.4. The Morgan fingerprint density at radius 3 is 2.32 bits per heavy atom. The van der Waals surface area contributed by atoms with Crippen LogP contribution in [0.1, 0.15) is 65.2 Å². The summed E-state index contributed by atoms with van der Waals surface area (Å²) in [5.41, 5.74) is 0. The third-order valence-corrected chi connectivity index (χ3v) is 3.72. The van der Waals surface area contributed by atoms with Crippen molar-refractivity contribution in [3.63, 3.8) is 0 Å². The van der Waals surface area contributed by atoms with Gasteiger partial charge in [0.05, 0.1) is 0 Å². The van der Waals surface area contributed by atoms with E-state index in [0.717, 1.165) is 32.2 Å². The van der Waals surface area contributed by atoms with E-state index in [-0.39, 0.29) is 29.8 Å². The molecular formula is C17H32N2O3. The van der Waals surface area contributed by atoms with Crippen LogP contribution < -0.4 is 10.6 Å². The van der Waals surface area contributed by atoms with Gasteiger partial charge in [0.1, 0.15) is 11.6 Å². The molecule has 0 bridgehead atoms. The molecule has 0 rings (SSSR count). The lowest BCUT2D eigenvalue weighted by atomic mass is 9.91. The van der Waals surface area contributed by atoms with Crippen LogP contribution in [0.3, 0.4) is 0 Å². The zero-order valence-corrected chi connectivity index (χ0v) is 14.4. The van der Waals surface area contributed by atoms with Gasteiger partial charge in [-0.15, -0.1) is 0 Å². The maximum atomic E-state index is 11.9. The van der Waals surface area contributed by atoms with E-state index >= 15 is 0 Å². The minimum absolute atomic E-state index is 0.00632. The van der Waals surface area contributed by atoms with Crippen molar-refractivity contribution in [2.75, 3.05) is 20.1 Å². The molecule has 1 atom stereocenters. The van der Waals surface area contributed by atoms with E-state index < -0.39 is 0 Å². The molecule has 5 nitrogen and oxygen atoms in total. The Hall–Kier alpha value is -1.23. The monoisotopic (exact) mass is 312 g/mol. The molecule has 1 unspecified atom stereocenters. The molecule has 0 spiro atoms. The number of amides is 1. The van der Waals surface area contributed by atoms with E-state index in [2.05, 4.69) is 10.6 Å². The Morgan fingerprint density at radius 1 is 1.00 bits per heavy atom. The minimum Gasteiger partial charge on any atom is -0.356 e. The van der Waals surface area contributed by atoms with Crippen LogP contribution in [0.5, 0.6) is 0 Å². The summed E-state index contributed by atoms with van der Waals surface area (Å²) in [6.07, 6.45) is 5.47. The van der Waals surface area contributed by atoms with E-state index in [4.69, 9.17) is 0 Å². The van der Waals surface area contributed by atoms with Crippen LogP contribution in [-0.2, 0) is 14.4 Å². The molecule has 0 saturated heterocycles. The lowest BCUT2D eigenvalue weighted by molar-refractivity contribution is -0.128. The summed E-state index contributed by atoms with van der Waals surface area (Å²) in [4.78, 5) is 35.1. The Labute approximate surface area is 134 Å². The van der Waals surface area contributed by atoms with Gasteiger partial charge in [0.15, 0.2) is 0 Å². The maximum absolute atomic E-state index is 11.9. The molecule has 0 aromatic heterocycles. The number of carbonyl (C=O) groups excluding carboxylic acids is 3. The van der Waals surface area contributed by atoms with Crippen molar-refractivity contribution in [3.8, 4) is 0 Å². The van der Waals surface area contributed by atoms with Gasteiger partial charge in [0, 0.05) is 31.7 Å². The highest BCUT2D eigenvalue weighted by Crippen LogP contribution is 2.15. The molecule has 0 saturated carbocycles. The lowest BCUT2D eigenvalue weighted by Gasteiger charge is -2.13. The number of unbranched alkanes of at least 4 members (excludes halogenated alkanes) is 2. The fourth-order valence-electron chi connectivity index (χ4n) is 2.28. The number of hydrogen-bond acceptors (Lipinski definition) is 4. The topological polar surface area (TPSA) is 75.3 Å². The molecule has 22 heavy (non-hydrogen) atoms. The first kappa shape index (κ1) is 20.8. The standard InChI is InChI=1S/C17H32N2O3/c1-4-11-19-17(22)10-9-15(14(2)20)13-16(21)8-6-5-7-12-18-3/h15,18H,4-13H2,1-3H3,(H,19,22). The highest BCUT2D eigenvalue weighted by atomic mass is 16.2. The van der Waals surface area contributed by atoms with E-state index in [9.17, 15) is 14.4 Å². The van der Waals surface area contributed by atoms with E-state index in [0.29, 0.717) is 25.8 Å². The minimum atomic E-state index is -0.308. The average molecular weight is 312 g/mol. The van der Waals surface area contributed by atoms with Gasteiger partial charge in [0.25, 0.3) is 0 Å². The summed E-state index contributed by atoms with van der Waals surface area (Å²) >= 11 is 0. The Morgan fingerprint density at radius 2 is 1.73 bits per heavy atom. The molecule has 0 aliphatic heterocycles. The van der Waals surface area contributed by atoms with Crippen molar-refractivity contribution in [2.45, 2.75) is 65.2 Å². The van der Waals surface area contributed by atoms with E-state index in [1.54, 1.807) is 0 Å². The SMILES string of the molecule is CCCNC(=O)CCC(CC(=O)CCCCCNC)C(C)=O. The maximum Gasteiger partial charge on any atom is 0.220 e. The quantitative estimate of drug-likeness (QED) is 0.482. The molecule has 0 aliphatic carbocycles. The largest absolute Gasteiger partial charge is 0.356 e. The van der Waals surface area contributed by atoms with Gasteiger partial charge in [-0.1, -0.05) is 13.3 Å². The second-order valence-corrected chi connectivity index (χ2v) is 5.85. The van der Waals surface area contributed by atoms with E-state index in [1.165, 1.54) is 6.92 Å². The van der Waals surface area contributed by atoms with Gasteiger partial charge >= 0.3 is 0 Å². The molecular weight excluding hydrogens is 280 g/mol. The number of Topliss-reactive ketones (excluding diaryl/α,β-unsaturated/α-hetero) is 2. The smallest absolute Gasteiger partial charge is 0.220 e. The van der Waals surface area contributed by atoms with Crippen molar-refractivity contribution in [3.05, 3.63) is 0 Å². The van der Waals surface area contributed by atoms with Crippen LogP contribution in [0.2, 0.25) is 0 Å². The number of carbonyl (C=O) groups is 3. The van der Waals surface area contributed by atoms with E-state index in [1.807, 2.05) is 14.0 Å². The van der Waals surface area contributed by atoms with Crippen LogP contribution in [0.25, 0.3) is 0 Å². The number of ketones is 2. The Balaban J connectivity index is 3.99. The Bertz CT molecular complexity index is 343. The number of hydrogen-bond donors (Lipinski definition) is 2. The van der Waals surface area contributed by atoms with Crippen LogP contribution in [0.4, 0.5) is 0 Å². The average Bonchev–Trinajstić information content (AvgIpc) is 2.48. The molecule has 0 aromatic rings. The van der Waals surface area contributed by atoms with Crippen LogP contribution in [-0.4, -0.2) is 37.6 Å². The molecule has 0 fully saturated rings. The first-order valence-corrected chi connectivity index (χ1v) is 8.44. The molecule has 5 heteroatoms. The number of rotatable bonds is 14. The fourth-order valence-corrected chi connectivity index (χ4v) is 2.28. The number of nitrogens with one attached hydrogen (secondary N) is 2.